The number of nitrogens with zero attached hydrogens (tertiary/aromatic N) is 7. The zero-order valence-corrected chi connectivity index (χ0v) is 21.0. The van der Waals surface area contributed by atoms with Crippen LogP contribution in [0.4, 0.5) is 5.13 Å². The van der Waals surface area contributed by atoms with E-state index in [1.54, 1.807) is 12.4 Å². The maximum absolute atomic E-state index is 13.0. The Morgan fingerprint density at radius 2 is 2.26 bits per heavy atom. The molecule has 0 aliphatic carbocycles. The molecule has 186 valence electrons. The van der Waals surface area contributed by atoms with E-state index in [4.69, 9.17) is 10.6 Å². The lowest BCUT2D eigenvalue weighted by atomic mass is 10.0. The van der Waals surface area contributed by atoms with Crippen molar-refractivity contribution in [2.45, 2.75) is 29.9 Å². The molecule has 0 radical (unpaired) electrons. The van der Waals surface area contributed by atoms with Crippen LogP contribution in [0.3, 0.4) is 0 Å². The largest absolute Gasteiger partial charge is 0.477 e. The Hall–Kier alpha value is -3.18. The first-order valence-corrected chi connectivity index (χ1v) is 13.2. The fraction of sp³-hybridized carbons (Fsp3) is 0.444. The number of aliphatic carboxylic acids is 1. The fourth-order valence-electron chi connectivity index (χ4n) is 3.30. The number of nitrogen functional groups attached to an aromatic ring is 1. The number of anilines is 1. The van der Waals surface area contributed by atoms with Crippen LogP contribution in [-0.4, -0.2) is 88.2 Å². The van der Waals surface area contributed by atoms with E-state index in [0.29, 0.717) is 35.3 Å². The minimum atomic E-state index is -1.21. The molecule has 2 aliphatic heterocycles. The molecular weight excluding hydrogens is 518 g/mol. The number of thiazole rings is 1. The molecule has 1 saturated heterocycles. The first-order valence-electron chi connectivity index (χ1n) is 10.3. The Morgan fingerprint density at radius 3 is 2.89 bits per heavy atom. The van der Waals surface area contributed by atoms with E-state index in [2.05, 4.69) is 31.0 Å². The van der Waals surface area contributed by atoms with Crippen LogP contribution in [-0.2, 0) is 26.3 Å². The van der Waals surface area contributed by atoms with Crippen LogP contribution in [0.2, 0.25) is 0 Å². The Labute approximate surface area is 211 Å². The van der Waals surface area contributed by atoms with Crippen LogP contribution in [0.25, 0.3) is 0 Å². The number of amides is 2. The number of aromatic nitrogens is 5. The number of oxime groups is 1. The van der Waals surface area contributed by atoms with Crippen molar-refractivity contribution in [1.82, 2.24) is 35.4 Å². The Balaban J connectivity index is 1.49. The number of carbonyl (C=O) groups is 3. The Kier molecular flexibility index (Phi) is 7.56. The standard InChI is InChI=1S/C18H21N9O5S3/c1-3-4-32-23-10(9-7-34-17(19)20-9)13(28)21-11-14(29)27-12(16(30)31)8(5-33-15(11)27)6-35-18-22-24-25-26(18)2/h7,11,15H,3-6H2,1-2H3,(H2,19,20)(H,21,28)(H,30,31)/b23-10+/t11?,15-/m1/s1. The lowest BCUT2D eigenvalue weighted by Crippen LogP contribution is -2.71. The number of aryl methyl sites for hydroxylation is 1. The molecule has 0 aromatic carbocycles. The summed E-state index contributed by atoms with van der Waals surface area (Å²) in [7, 11) is 1.68. The van der Waals surface area contributed by atoms with Gasteiger partial charge >= 0.3 is 5.97 Å². The van der Waals surface area contributed by atoms with Gasteiger partial charge < -0.3 is 21.0 Å². The quantitative estimate of drug-likeness (QED) is 0.120. The molecular formula is C18H21N9O5S3. The number of carbonyl (C=O) groups excluding carboxylic acids is 2. The number of fused-ring (bicyclic) bond motifs is 1. The zero-order chi connectivity index (χ0) is 25.1. The number of nitrogens with two attached hydrogens (primary N) is 1. The van der Waals surface area contributed by atoms with E-state index in [-0.39, 0.29) is 22.2 Å². The average Bonchev–Trinajstić information content (AvgIpc) is 3.45. The lowest BCUT2D eigenvalue weighted by Gasteiger charge is -2.49. The van der Waals surface area contributed by atoms with Gasteiger partial charge in [-0.25, -0.2) is 14.5 Å². The number of nitrogens with one attached hydrogen (secondary N) is 1. The first kappa shape index (κ1) is 24.9. The van der Waals surface area contributed by atoms with Gasteiger partial charge in [-0.1, -0.05) is 23.8 Å². The number of hydrogen-bond acceptors (Lipinski definition) is 13. The van der Waals surface area contributed by atoms with Gasteiger partial charge in [0, 0.05) is 23.9 Å². The normalized spacial score (nSPS) is 19.9. The van der Waals surface area contributed by atoms with E-state index < -0.39 is 29.2 Å². The minimum Gasteiger partial charge on any atom is -0.477 e. The molecule has 0 spiro atoms. The third kappa shape index (κ3) is 5.10. The maximum atomic E-state index is 13.0. The van der Waals surface area contributed by atoms with Gasteiger partial charge in [-0.3, -0.25) is 14.5 Å². The highest BCUT2D eigenvalue weighted by Crippen LogP contribution is 2.41. The van der Waals surface area contributed by atoms with E-state index >= 15 is 0 Å². The van der Waals surface area contributed by atoms with Crippen LogP contribution in [0.1, 0.15) is 19.0 Å². The second kappa shape index (κ2) is 10.6. The molecule has 2 aromatic heterocycles. The second-order valence-electron chi connectivity index (χ2n) is 7.34. The highest BCUT2D eigenvalue weighted by Gasteiger charge is 2.54. The van der Waals surface area contributed by atoms with Crippen LogP contribution in [0.15, 0.2) is 27.0 Å². The van der Waals surface area contributed by atoms with Crippen LogP contribution in [0, 0.1) is 0 Å². The summed E-state index contributed by atoms with van der Waals surface area (Å²) in [6.07, 6.45) is 0.685. The molecule has 0 saturated carbocycles. The summed E-state index contributed by atoms with van der Waals surface area (Å²) in [5, 5.41) is 29.3. The van der Waals surface area contributed by atoms with Crippen LogP contribution < -0.4 is 11.1 Å². The molecule has 1 unspecified atom stereocenters. The average molecular weight is 540 g/mol. The molecule has 0 bridgehead atoms. The monoisotopic (exact) mass is 539 g/mol. The van der Waals surface area contributed by atoms with Gasteiger partial charge in [0.1, 0.15) is 29.4 Å². The van der Waals surface area contributed by atoms with Gasteiger partial charge in [0.2, 0.25) is 5.16 Å². The van der Waals surface area contributed by atoms with Gasteiger partial charge in [-0.2, -0.15) is 0 Å². The minimum absolute atomic E-state index is 0.0840. The SMILES string of the molecule is CCCO/N=C(/C(=O)NC1C(=O)N2C(C(=O)O)=C(CSc3nnnn3C)CS[C@H]12)c1csc(N)n1. The van der Waals surface area contributed by atoms with Crippen molar-refractivity contribution >= 4 is 63.5 Å². The van der Waals surface area contributed by atoms with Crippen LogP contribution >= 0.6 is 34.9 Å². The summed E-state index contributed by atoms with van der Waals surface area (Å²) in [6, 6.07) is -0.925. The molecule has 2 aliphatic rings. The second-order valence-corrected chi connectivity index (χ2v) is 10.3. The van der Waals surface area contributed by atoms with Gasteiger partial charge in [0.25, 0.3) is 11.8 Å². The van der Waals surface area contributed by atoms with Crippen molar-refractivity contribution in [1.29, 1.82) is 0 Å². The lowest BCUT2D eigenvalue weighted by molar-refractivity contribution is -0.150. The highest BCUT2D eigenvalue weighted by molar-refractivity contribution is 8.01. The highest BCUT2D eigenvalue weighted by atomic mass is 32.2. The Morgan fingerprint density at radius 1 is 1.46 bits per heavy atom. The van der Waals surface area contributed by atoms with E-state index in [1.165, 1.54) is 33.1 Å². The molecule has 4 rings (SSSR count). The number of rotatable bonds is 10. The number of hydrogen-bond donors (Lipinski definition) is 3. The summed E-state index contributed by atoms with van der Waals surface area (Å²) in [5.74, 6) is -1.74. The number of carboxylic acids is 1. The van der Waals surface area contributed by atoms with Crippen molar-refractivity contribution in [2.75, 3.05) is 23.8 Å². The molecule has 2 atom stereocenters. The van der Waals surface area contributed by atoms with Crippen LogP contribution in [0.5, 0.6) is 0 Å². The molecule has 17 heteroatoms. The predicted octanol–water partition coefficient (Wildman–Crippen LogP) is -0.0896. The number of tetrazole rings is 1. The number of thioether (sulfide) groups is 2. The third-order valence-electron chi connectivity index (χ3n) is 4.92. The molecule has 4 N–H and O–H groups in total. The molecule has 14 nitrogen and oxygen atoms in total. The van der Waals surface area contributed by atoms with Crippen molar-refractivity contribution in [2.24, 2.45) is 12.2 Å². The van der Waals surface area contributed by atoms with E-state index in [1.807, 2.05) is 6.92 Å². The third-order valence-corrected chi connectivity index (χ3v) is 8.03. The zero-order valence-electron chi connectivity index (χ0n) is 18.6. The Bertz CT molecular complexity index is 1210. The summed E-state index contributed by atoms with van der Waals surface area (Å²) < 4.78 is 1.48. The van der Waals surface area contributed by atoms with Gasteiger partial charge in [-0.15, -0.1) is 28.2 Å². The molecule has 1 fully saturated rings. The fourth-order valence-corrected chi connectivity index (χ4v) is 6.18. The number of β-lactam (4-membered cyclic amide) rings is 1. The molecule has 2 amide bonds. The van der Waals surface area contributed by atoms with E-state index in [9.17, 15) is 19.5 Å². The smallest absolute Gasteiger partial charge is 0.352 e. The van der Waals surface area contributed by atoms with Gasteiger partial charge in [-0.05, 0) is 22.4 Å². The molecule has 35 heavy (non-hydrogen) atoms. The van der Waals surface area contributed by atoms with Crippen molar-refractivity contribution in [3.8, 4) is 0 Å². The molecule has 2 aromatic rings. The van der Waals surface area contributed by atoms with Crippen molar-refractivity contribution < 1.29 is 24.3 Å². The summed E-state index contributed by atoms with van der Waals surface area (Å²) in [5.41, 5.74) is 6.28. The predicted molar refractivity (Wildman–Crippen MR) is 129 cm³/mol. The first-order chi connectivity index (χ1) is 16.8. The topological polar surface area (TPSA) is 191 Å². The van der Waals surface area contributed by atoms with Gasteiger partial charge in [0.15, 0.2) is 10.8 Å². The summed E-state index contributed by atoms with van der Waals surface area (Å²) in [4.78, 5) is 48.4. The van der Waals surface area contributed by atoms with E-state index in [0.717, 1.165) is 11.3 Å². The van der Waals surface area contributed by atoms with Gasteiger partial charge in [0.05, 0.1) is 0 Å². The summed E-state index contributed by atoms with van der Waals surface area (Å²) >= 11 is 3.78. The van der Waals surface area contributed by atoms with Crippen molar-refractivity contribution in [3.05, 3.63) is 22.3 Å². The number of carboxylic acid groups (broad SMARTS) is 1. The molecule has 4 heterocycles. The summed E-state index contributed by atoms with van der Waals surface area (Å²) in [6.45, 7) is 2.19. The van der Waals surface area contributed by atoms with Crippen molar-refractivity contribution in [3.63, 3.8) is 0 Å². The maximum Gasteiger partial charge on any atom is 0.352 e.